The number of fused-ring (bicyclic) bond motifs is 4. The number of nitrogens with zero attached hydrogens (tertiary/aromatic N) is 10. The Labute approximate surface area is 325 Å². The van der Waals surface area contributed by atoms with Gasteiger partial charge in [0.1, 0.15) is 11.5 Å². The third-order valence-electron chi connectivity index (χ3n) is 10.8. The number of benzene rings is 2. The Morgan fingerprint density at radius 2 is 1.48 bits per heavy atom. The van der Waals surface area contributed by atoms with Crippen LogP contribution in [0.15, 0.2) is 42.9 Å². The minimum Gasteiger partial charge on any atom is -0.495 e. The van der Waals surface area contributed by atoms with Crippen molar-refractivity contribution in [2.75, 3.05) is 51.6 Å². The van der Waals surface area contributed by atoms with Crippen LogP contribution in [0.3, 0.4) is 0 Å². The lowest BCUT2D eigenvalue weighted by molar-refractivity contribution is 0.177. The normalized spacial score (nSPS) is 15.8. The Balaban J connectivity index is 1.08. The van der Waals surface area contributed by atoms with E-state index in [9.17, 15) is 10.2 Å². The summed E-state index contributed by atoms with van der Waals surface area (Å²) in [4.78, 5) is 24.1. The molecule has 0 fully saturated rings. The molecule has 56 heavy (non-hydrogen) atoms. The lowest BCUT2D eigenvalue weighted by Crippen LogP contribution is -2.30. The van der Waals surface area contributed by atoms with E-state index in [4.69, 9.17) is 29.5 Å². The molecule has 16 heteroatoms. The van der Waals surface area contributed by atoms with Crippen LogP contribution < -0.4 is 20.1 Å². The number of aryl methyl sites for hydroxylation is 1. The third-order valence-corrected chi connectivity index (χ3v) is 10.8. The predicted octanol–water partition coefficient (Wildman–Crippen LogP) is 4.73. The molecular formula is C40H50N12O4. The number of hydrogen-bond acceptors (Lipinski definition) is 14. The van der Waals surface area contributed by atoms with Crippen LogP contribution in [-0.4, -0.2) is 107 Å². The van der Waals surface area contributed by atoms with Gasteiger partial charge in [0.2, 0.25) is 11.9 Å². The Morgan fingerprint density at radius 1 is 0.786 bits per heavy atom. The van der Waals surface area contributed by atoms with E-state index in [1.54, 1.807) is 38.2 Å². The van der Waals surface area contributed by atoms with Crippen molar-refractivity contribution >= 4 is 45.3 Å². The number of likely N-dealkylation sites (N-methyl/N-ethyl adjacent to an activating group) is 1. The van der Waals surface area contributed by atoms with Gasteiger partial charge in [0, 0.05) is 52.1 Å². The molecule has 6 aromatic rings. The van der Waals surface area contributed by atoms with E-state index in [1.165, 1.54) is 22.3 Å². The quantitative estimate of drug-likeness (QED) is 0.120. The molecule has 0 aliphatic carbocycles. The fourth-order valence-electron chi connectivity index (χ4n) is 7.69. The molecule has 0 spiro atoms. The van der Waals surface area contributed by atoms with Crippen LogP contribution in [0.25, 0.3) is 22.1 Å². The van der Waals surface area contributed by atoms with Crippen molar-refractivity contribution in [1.82, 2.24) is 49.3 Å². The second kappa shape index (κ2) is 16.0. The number of hydrogen-bond donors (Lipinski definition) is 4. The molecule has 0 saturated heterocycles. The number of methoxy groups -OCH3 is 2. The lowest BCUT2D eigenvalue weighted by Gasteiger charge is -2.29. The summed E-state index contributed by atoms with van der Waals surface area (Å²) in [5, 5.41) is 37.4. The summed E-state index contributed by atoms with van der Waals surface area (Å²) in [7, 11) is 5.50. The first-order chi connectivity index (χ1) is 27.2. The highest BCUT2D eigenvalue weighted by Crippen LogP contribution is 2.36. The molecule has 2 aromatic carbocycles. The van der Waals surface area contributed by atoms with Crippen LogP contribution >= 0.6 is 0 Å². The maximum atomic E-state index is 9.81. The Bertz CT molecular complexity index is 2360. The van der Waals surface area contributed by atoms with Crippen molar-refractivity contribution in [3.63, 3.8) is 0 Å². The minimum absolute atomic E-state index is 0.0522. The fraction of sp³-hybridized carbons (Fsp3) is 0.450. The largest absolute Gasteiger partial charge is 0.495 e. The molecule has 4 aromatic heterocycles. The highest BCUT2D eigenvalue weighted by molar-refractivity contribution is 5.80. The van der Waals surface area contributed by atoms with Crippen LogP contribution in [0.5, 0.6) is 11.5 Å². The predicted molar refractivity (Wildman–Crippen MR) is 214 cm³/mol. The van der Waals surface area contributed by atoms with Gasteiger partial charge in [-0.1, -0.05) is 0 Å². The fourth-order valence-corrected chi connectivity index (χ4v) is 7.69. The van der Waals surface area contributed by atoms with E-state index < -0.39 is 6.10 Å². The van der Waals surface area contributed by atoms with Crippen LogP contribution in [-0.2, 0) is 39.0 Å². The highest BCUT2D eigenvalue weighted by Gasteiger charge is 2.24. The van der Waals surface area contributed by atoms with Gasteiger partial charge in [-0.15, -0.1) is 0 Å². The highest BCUT2D eigenvalue weighted by atomic mass is 16.5. The van der Waals surface area contributed by atoms with E-state index in [0.29, 0.717) is 61.4 Å². The Hall–Kier alpha value is -5.42. The molecule has 8 rings (SSSR count). The first kappa shape index (κ1) is 37.5. The van der Waals surface area contributed by atoms with E-state index in [1.807, 2.05) is 17.8 Å². The molecule has 0 unspecified atom stereocenters. The smallest absolute Gasteiger partial charge is 0.229 e. The average molecular weight is 763 g/mol. The summed E-state index contributed by atoms with van der Waals surface area (Å²) in [6.07, 6.45) is 7.84. The Morgan fingerprint density at radius 3 is 2.20 bits per heavy atom. The molecule has 0 saturated carbocycles. The van der Waals surface area contributed by atoms with E-state index >= 15 is 0 Å². The van der Waals surface area contributed by atoms with Gasteiger partial charge < -0.3 is 35.2 Å². The maximum Gasteiger partial charge on any atom is 0.229 e. The molecule has 4 N–H and O–H groups in total. The standard InChI is InChI=1S/C40H50N12O4/c1-24(9-13-53)52-38-31(20-43-52)34(46-40(48-38)45-33-14-28-21-49(3)10-7-26(28)16-36(33)56-5)23-50-11-8-27-17-35(55-4)32(15-29(27)22-50)44-39-41-18-30-19-42-51(37(30)47-39)12-6-25(2)54/h14-20,24-25,53-54H,6-13,21-23H2,1-5H3,(H,41,44,47)(H,45,46,48)/t24-,25-/m1/s1. The summed E-state index contributed by atoms with van der Waals surface area (Å²) < 4.78 is 15.4. The summed E-state index contributed by atoms with van der Waals surface area (Å²) in [6.45, 7) is 8.38. The number of ether oxygens (including phenoxy) is 2. The second-order valence-electron chi connectivity index (χ2n) is 15.0. The number of aliphatic hydroxyl groups is 2. The third kappa shape index (κ3) is 7.69. The van der Waals surface area contributed by atoms with Crippen molar-refractivity contribution in [3.05, 3.63) is 70.8 Å². The lowest BCUT2D eigenvalue weighted by atomic mass is 9.98. The van der Waals surface area contributed by atoms with Gasteiger partial charge in [-0.2, -0.15) is 20.2 Å². The van der Waals surface area contributed by atoms with Crippen molar-refractivity contribution in [2.45, 2.75) is 77.9 Å². The second-order valence-corrected chi connectivity index (χ2v) is 15.0. The first-order valence-electron chi connectivity index (χ1n) is 19.3. The molecule has 0 bridgehead atoms. The average Bonchev–Trinajstić information content (AvgIpc) is 3.81. The van der Waals surface area contributed by atoms with Crippen LogP contribution in [0, 0.1) is 0 Å². The molecule has 294 valence electrons. The zero-order valence-corrected chi connectivity index (χ0v) is 32.7. The first-order valence-corrected chi connectivity index (χ1v) is 19.3. The number of aliphatic hydroxyl groups excluding tert-OH is 2. The van der Waals surface area contributed by atoms with Crippen LogP contribution in [0.2, 0.25) is 0 Å². The van der Waals surface area contributed by atoms with Gasteiger partial charge >= 0.3 is 0 Å². The van der Waals surface area contributed by atoms with Gasteiger partial charge in [0.15, 0.2) is 11.3 Å². The van der Waals surface area contributed by atoms with Gasteiger partial charge in [0.25, 0.3) is 0 Å². The number of rotatable bonds is 14. The monoisotopic (exact) mass is 762 g/mol. The molecule has 0 amide bonds. The van der Waals surface area contributed by atoms with Crippen molar-refractivity contribution in [2.24, 2.45) is 0 Å². The van der Waals surface area contributed by atoms with Gasteiger partial charge in [-0.3, -0.25) is 4.90 Å². The van der Waals surface area contributed by atoms with Crippen molar-refractivity contribution in [3.8, 4) is 11.5 Å². The summed E-state index contributed by atoms with van der Waals surface area (Å²) >= 11 is 0. The zero-order valence-electron chi connectivity index (χ0n) is 32.7. The summed E-state index contributed by atoms with van der Waals surface area (Å²) in [6, 6.07) is 8.44. The molecule has 2 aliphatic heterocycles. The van der Waals surface area contributed by atoms with Crippen LogP contribution in [0.4, 0.5) is 23.3 Å². The molecule has 16 nitrogen and oxygen atoms in total. The molecule has 0 radical (unpaired) electrons. The minimum atomic E-state index is -0.434. The van der Waals surface area contributed by atoms with Crippen molar-refractivity contribution in [1.29, 1.82) is 0 Å². The van der Waals surface area contributed by atoms with E-state index in [-0.39, 0.29) is 12.6 Å². The van der Waals surface area contributed by atoms with E-state index in [2.05, 4.69) is 61.8 Å². The number of anilines is 4. The Kier molecular flexibility index (Phi) is 10.7. The van der Waals surface area contributed by atoms with Crippen molar-refractivity contribution < 1.29 is 19.7 Å². The molecule has 6 heterocycles. The summed E-state index contributed by atoms with van der Waals surface area (Å²) in [5.74, 6) is 2.36. The molecule has 2 aliphatic rings. The molecule has 2 atom stereocenters. The number of aromatic nitrogens is 8. The van der Waals surface area contributed by atoms with Gasteiger partial charge in [-0.25, -0.2) is 19.3 Å². The zero-order chi connectivity index (χ0) is 38.9. The van der Waals surface area contributed by atoms with Gasteiger partial charge in [-0.05, 0) is 93.1 Å². The maximum absolute atomic E-state index is 9.81. The van der Waals surface area contributed by atoms with Gasteiger partial charge in [0.05, 0.1) is 66.6 Å². The molecular weight excluding hydrogens is 713 g/mol. The topological polar surface area (TPSA) is 177 Å². The summed E-state index contributed by atoms with van der Waals surface area (Å²) in [5.41, 5.74) is 8.80. The SMILES string of the molecule is COc1cc2c(cc1Nc1ncc3cnn(CC[C@@H](C)O)c3n1)CN(Cc1nc(Nc3cc4c(cc3OC)CCN(C)C4)nc3c1cnn3[C@H](C)CCO)CC2. The van der Waals surface area contributed by atoms with E-state index in [0.717, 1.165) is 66.1 Å². The number of nitrogens with one attached hydrogen (secondary N) is 2. The van der Waals surface area contributed by atoms with Crippen LogP contribution in [0.1, 0.15) is 60.7 Å².